The summed E-state index contributed by atoms with van der Waals surface area (Å²) in [5, 5.41) is 0. The van der Waals surface area contributed by atoms with E-state index in [2.05, 4.69) is 18.8 Å². The van der Waals surface area contributed by atoms with Crippen LogP contribution in [0.25, 0.3) is 0 Å². The Hall–Kier alpha value is -0.570. The predicted molar refractivity (Wildman–Crippen MR) is 59.5 cm³/mol. The fourth-order valence-corrected chi connectivity index (χ4v) is 2.10. The van der Waals surface area contributed by atoms with Crippen molar-refractivity contribution in [3.63, 3.8) is 0 Å². The van der Waals surface area contributed by atoms with Crippen LogP contribution in [0.4, 0.5) is 0 Å². The second-order valence-corrected chi connectivity index (χ2v) is 4.97. The Morgan fingerprint density at radius 3 is 2.07 bits per heavy atom. The molecule has 0 bridgehead atoms. The first-order valence-corrected chi connectivity index (χ1v) is 5.24. The smallest absolute Gasteiger partial charge is 0.126 e. The highest BCUT2D eigenvalue weighted by Gasteiger charge is 2.41. The minimum Gasteiger partial charge on any atom is -0.385 e. The third-order valence-electron chi connectivity index (χ3n) is 3.51. The first-order valence-electron chi connectivity index (χ1n) is 5.24. The van der Waals surface area contributed by atoms with Crippen molar-refractivity contribution in [1.82, 2.24) is 0 Å². The maximum atomic E-state index is 5.91. The maximum absolute atomic E-state index is 5.91. The van der Waals surface area contributed by atoms with Crippen molar-refractivity contribution in [3.05, 3.63) is 0 Å². The molecule has 1 aliphatic rings. The largest absolute Gasteiger partial charge is 0.385 e. The molecule has 3 nitrogen and oxygen atoms in total. The second-order valence-electron chi connectivity index (χ2n) is 4.97. The lowest BCUT2D eigenvalue weighted by Crippen LogP contribution is -2.49. The van der Waals surface area contributed by atoms with Gasteiger partial charge in [-0.05, 0) is 31.1 Å². The summed E-state index contributed by atoms with van der Waals surface area (Å²) in [6.45, 7) is 4.59. The molecule has 0 amide bonds. The Morgan fingerprint density at radius 2 is 1.71 bits per heavy atom. The van der Waals surface area contributed by atoms with Crippen LogP contribution in [0.5, 0.6) is 0 Å². The second kappa shape index (κ2) is 3.89. The Kier molecular flexibility index (Phi) is 3.20. The highest BCUT2D eigenvalue weighted by Crippen LogP contribution is 2.41. The van der Waals surface area contributed by atoms with E-state index < -0.39 is 0 Å². The van der Waals surface area contributed by atoms with E-state index in [1.54, 1.807) is 14.2 Å². The van der Waals surface area contributed by atoms with Crippen molar-refractivity contribution >= 4 is 5.84 Å². The third-order valence-corrected chi connectivity index (χ3v) is 3.51. The molecule has 1 saturated carbocycles. The highest BCUT2D eigenvalue weighted by molar-refractivity contribution is 5.89. The fourth-order valence-electron chi connectivity index (χ4n) is 2.10. The summed E-state index contributed by atoms with van der Waals surface area (Å²) in [5.41, 5.74) is 6.05. The molecule has 0 atom stereocenters. The summed E-state index contributed by atoms with van der Waals surface area (Å²) in [6.07, 6.45) is 4.27. The zero-order chi connectivity index (χ0) is 10.8. The van der Waals surface area contributed by atoms with Crippen molar-refractivity contribution in [1.29, 1.82) is 0 Å². The van der Waals surface area contributed by atoms with Crippen molar-refractivity contribution in [3.8, 4) is 0 Å². The highest BCUT2D eigenvalue weighted by atomic mass is 16.5. The average molecular weight is 198 g/mol. The zero-order valence-electron chi connectivity index (χ0n) is 9.76. The van der Waals surface area contributed by atoms with E-state index in [4.69, 9.17) is 10.5 Å². The number of rotatable bonds is 2. The Morgan fingerprint density at radius 1 is 1.21 bits per heavy atom. The molecule has 1 fully saturated rings. The van der Waals surface area contributed by atoms with Crippen LogP contribution in [0.1, 0.15) is 39.5 Å². The molecule has 2 N–H and O–H groups in total. The molecule has 1 aliphatic carbocycles. The molecule has 0 aromatic rings. The lowest BCUT2D eigenvalue weighted by atomic mass is 9.70. The molecule has 82 valence electrons. The molecule has 0 aromatic carbocycles. The van der Waals surface area contributed by atoms with E-state index in [0.717, 1.165) is 25.7 Å². The number of nitrogens with two attached hydrogens (primary N) is 1. The van der Waals surface area contributed by atoms with Gasteiger partial charge >= 0.3 is 0 Å². The molecule has 0 aromatic heterocycles. The van der Waals surface area contributed by atoms with Gasteiger partial charge in [0.2, 0.25) is 0 Å². The molecule has 14 heavy (non-hydrogen) atoms. The average Bonchev–Trinajstić information content (AvgIpc) is 2.18. The number of nitrogens with zero attached hydrogens (tertiary/aromatic N) is 1. The van der Waals surface area contributed by atoms with Gasteiger partial charge in [0.05, 0.1) is 0 Å². The number of hydrogen-bond acceptors (Lipinski definition) is 2. The molecule has 0 radical (unpaired) electrons. The van der Waals surface area contributed by atoms with Gasteiger partial charge in [-0.1, -0.05) is 13.8 Å². The van der Waals surface area contributed by atoms with E-state index >= 15 is 0 Å². The third kappa shape index (κ3) is 2.08. The van der Waals surface area contributed by atoms with Crippen LogP contribution in [0, 0.1) is 5.41 Å². The Bertz CT molecular complexity index is 223. The van der Waals surface area contributed by atoms with Gasteiger partial charge in [-0.2, -0.15) is 0 Å². The van der Waals surface area contributed by atoms with Crippen LogP contribution in [-0.2, 0) is 4.74 Å². The number of hydrogen-bond donors (Lipinski definition) is 1. The zero-order valence-corrected chi connectivity index (χ0v) is 9.76. The van der Waals surface area contributed by atoms with Crippen LogP contribution in [0.3, 0.4) is 0 Å². The SMILES string of the molecule is CN=C(N)C1(OC)CCC(C)(C)CC1. The standard InChI is InChI=1S/C11H22N2O/c1-10(2)5-7-11(14-4,8-6-10)9(12)13-3/h5-8H2,1-4H3,(H2,12,13). The van der Waals surface area contributed by atoms with Gasteiger partial charge in [0.15, 0.2) is 0 Å². The summed E-state index contributed by atoms with van der Waals surface area (Å²) >= 11 is 0. The van der Waals surface area contributed by atoms with Gasteiger partial charge in [-0.3, -0.25) is 4.99 Å². The monoisotopic (exact) mass is 198 g/mol. The first-order chi connectivity index (χ1) is 6.46. The van der Waals surface area contributed by atoms with Gasteiger partial charge in [0.25, 0.3) is 0 Å². The van der Waals surface area contributed by atoms with Crippen LogP contribution in [0.15, 0.2) is 4.99 Å². The number of amidine groups is 1. The van der Waals surface area contributed by atoms with Crippen LogP contribution in [0.2, 0.25) is 0 Å². The topological polar surface area (TPSA) is 47.6 Å². The molecule has 0 unspecified atom stereocenters. The molecule has 0 saturated heterocycles. The van der Waals surface area contributed by atoms with Crippen LogP contribution in [-0.4, -0.2) is 25.6 Å². The van der Waals surface area contributed by atoms with Gasteiger partial charge in [-0.15, -0.1) is 0 Å². The van der Waals surface area contributed by atoms with Gasteiger partial charge in [0, 0.05) is 14.2 Å². The van der Waals surface area contributed by atoms with Gasteiger partial charge < -0.3 is 10.5 Å². The summed E-state index contributed by atoms with van der Waals surface area (Å²) in [4.78, 5) is 4.07. The summed E-state index contributed by atoms with van der Waals surface area (Å²) in [6, 6.07) is 0. The normalized spacial score (nSPS) is 26.1. The summed E-state index contributed by atoms with van der Waals surface area (Å²) in [5.74, 6) is 0.649. The molecule has 0 heterocycles. The quantitative estimate of drug-likeness (QED) is 0.544. The van der Waals surface area contributed by atoms with Crippen LogP contribution >= 0.6 is 0 Å². The van der Waals surface area contributed by atoms with Crippen molar-refractivity contribution < 1.29 is 4.74 Å². The molecule has 0 aliphatic heterocycles. The first kappa shape index (κ1) is 11.5. The number of ether oxygens (including phenoxy) is 1. The number of methoxy groups -OCH3 is 1. The van der Waals surface area contributed by atoms with E-state index in [-0.39, 0.29) is 5.60 Å². The van der Waals surface area contributed by atoms with E-state index in [0.29, 0.717) is 11.3 Å². The van der Waals surface area contributed by atoms with E-state index in [9.17, 15) is 0 Å². The minimum absolute atomic E-state index is 0.287. The Labute approximate surface area is 86.7 Å². The van der Waals surface area contributed by atoms with E-state index in [1.165, 1.54) is 0 Å². The molecule has 0 spiro atoms. The molecule has 1 rings (SSSR count). The maximum Gasteiger partial charge on any atom is 0.126 e. The lowest BCUT2D eigenvalue weighted by Gasteiger charge is -2.42. The van der Waals surface area contributed by atoms with Crippen molar-refractivity contribution in [2.24, 2.45) is 16.1 Å². The lowest BCUT2D eigenvalue weighted by molar-refractivity contribution is -0.00920. The summed E-state index contributed by atoms with van der Waals surface area (Å²) in [7, 11) is 3.46. The fraction of sp³-hybridized carbons (Fsp3) is 0.909. The van der Waals surface area contributed by atoms with Crippen LogP contribution < -0.4 is 5.73 Å². The van der Waals surface area contributed by atoms with Gasteiger partial charge in [-0.25, -0.2) is 0 Å². The van der Waals surface area contributed by atoms with Crippen molar-refractivity contribution in [2.75, 3.05) is 14.2 Å². The minimum atomic E-state index is -0.287. The molecular weight excluding hydrogens is 176 g/mol. The van der Waals surface area contributed by atoms with E-state index in [1.807, 2.05) is 0 Å². The predicted octanol–water partition coefficient (Wildman–Crippen LogP) is 1.96. The molecular formula is C11H22N2O. The number of aliphatic imine (C=N–C) groups is 1. The Balaban J connectivity index is 2.76. The summed E-state index contributed by atoms with van der Waals surface area (Å²) < 4.78 is 5.57. The van der Waals surface area contributed by atoms with Crippen molar-refractivity contribution in [2.45, 2.75) is 45.1 Å². The van der Waals surface area contributed by atoms with Gasteiger partial charge in [0.1, 0.15) is 11.4 Å². The molecule has 3 heteroatoms.